The molecule has 0 N–H and O–H groups in total. The monoisotopic (exact) mass is 319 g/mol. The van der Waals surface area contributed by atoms with Gasteiger partial charge in [0.2, 0.25) is 0 Å². The predicted molar refractivity (Wildman–Crippen MR) is 6.44 cm³/mol. The molecule has 0 heterocycles. The van der Waals surface area contributed by atoms with Crippen LogP contribution >= 0.6 is 0 Å². The molecule has 0 atom stereocenters. The zero-order valence-electron chi connectivity index (χ0n) is 1.89. The van der Waals surface area contributed by atoms with Crippen LogP contribution in [0.1, 0.15) is 0 Å². The van der Waals surface area contributed by atoms with E-state index in [4.69, 9.17) is 0 Å². The van der Waals surface area contributed by atoms with Crippen LogP contribution < -0.4 is 0 Å². The molecule has 0 bridgehead atoms. The first-order valence-corrected chi connectivity index (χ1v) is 0. The van der Waals surface area contributed by atoms with Gasteiger partial charge in [-0.1, -0.05) is 0 Å². The molecule has 0 aliphatic carbocycles. The van der Waals surface area contributed by atoms with E-state index in [2.05, 4.69) is 0 Å². The van der Waals surface area contributed by atoms with Gasteiger partial charge in [0.1, 0.15) is 0 Å². The van der Waals surface area contributed by atoms with Crippen molar-refractivity contribution in [3.05, 3.63) is 0 Å². The van der Waals surface area contributed by atoms with Gasteiger partial charge in [0, 0.05) is 0 Å². The Labute approximate surface area is 77.4 Å². The number of hydrogen-bond donors (Lipinski definition) is 0. The summed E-state index contributed by atoms with van der Waals surface area (Å²) >= 11 is 0. The Morgan fingerprint density at radius 3 is 1.00 bits per heavy atom. The summed E-state index contributed by atoms with van der Waals surface area (Å²) in [5.41, 5.74) is 0. The predicted octanol–water partition coefficient (Wildman–Crippen LogP) is -0.505. The Morgan fingerprint density at radius 2 is 1.00 bits per heavy atom. The van der Waals surface area contributed by atoms with E-state index in [0.29, 0.717) is 0 Å². The molecule has 0 fully saturated rings. The summed E-state index contributed by atoms with van der Waals surface area (Å²) in [6, 6.07) is 0. The minimum atomic E-state index is 0. The molecule has 0 radical (unpaired) electrons. The largest absolute Gasteiger partial charge is 4.00 e. The maximum absolute atomic E-state index is 0. The molecule has 0 aromatic heterocycles. The molecular weight excluding hydrogens is 318 g/mol. The number of rotatable bonds is 0. The molecule has 0 saturated carbocycles. The fraction of sp³-hybridized carbons (Fsp3) is 0. The van der Waals surface area contributed by atoms with Crippen LogP contribution in [0.5, 0.6) is 0 Å². The average Bonchev–Trinajstić information content (AvgIpc) is 0. The Kier molecular flexibility index (Phi) is 147. The van der Waals surface area contributed by atoms with Gasteiger partial charge in [-0.15, -0.1) is 0 Å². The molecule has 0 aliphatic rings. The van der Waals surface area contributed by atoms with Crippen molar-refractivity contribution in [1.29, 1.82) is 0 Å². The van der Waals surface area contributed by atoms with E-state index >= 15 is 0 Å². The SMILES string of the molecule is [In+3].[Mo+4].[O-2].[Zr+4]. The van der Waals surface area contributed by atoms with E-state index in [1.165, 1.54) is 0 Å². The zero-order chi connectivity index (χ0) is 0. The molecule has 0 amide bonds. The van der Waals surface area contributed by atoms with Gasteiger partial charge in [-0.25, -0.2) is 0 Å². The van der Waals surface area contributed by atoms with E-state index in [9.17, 15) is 0 Å². The second-order valence-electron chi connectivity index (χ2n) is 0. The molecule has 0 aromatic rings. The van der Waals surface area contributed by atoms with Gasteiger partial charge in [0.25, 0.3) is 0 Å². The molecule has 10 valence electrons. The van der Waals surface area contributed by atoms with Crippen LogP contribution in [0.4, 0.5) is 0 Å². The van der Waals surface area contributed by atoms with Gasteiger partial charge in [-0.3, -0.25) is 0 Å². The van der Waals surface area contributed by atoms with Gasteiger partial charge in [0.15, 0.2) is 0 Å². The molecule has 0 aliphatic heterocycles. The molecule has 0 saturated heterocycles. The molecule has 1 nitrogen and oxygen atoms in total. The molecule has 0 aromatic carbocycles. The Hall–Kier alpha value is 2.40. The smallest absolute Gasteiger partial charge is 2.00 e. The zero-order valence-corrected chi connectivity index (χ0v) is 9.65. The van der Waals surface area contributed by atoms with Crippen molar-refractivity contribution in [2.24, 2.45) is 0 Å². The Balaban J connectivity index is 0. The van der Waals surface area contributed by atoms with Crippen molar-refractivity contribution >= 4 is 25.8 Å². The van der Waals surface area contributed by atoms with Crippen LogP contribution in [0.3, 0.4) is 0 Å². The minimum absolute atomic E-state index is 0. The fourth-order valence-corrected chi connectivity index (χ4v) is 0. The van der Waals surface area contributed by atoms with Gasteiger partial charge in [-0.2, -0.15) is 0 Å². The summed E-state index contributed by atoms with van der Waals surface area (Å²) < 4.78 is 0. The first kappa shape index (κ1) is 32.4. The third-order valence-electron chi connectivity index (χ3n) is 0. The Bertz CT molecular complexity index is 8.00. The third-order valence-corrected chi connectivity index (χ3v) is 0. The summed E-state index contributed by atoms with van der Waals surface area (Å²) in [6.07, 6.45) is 0. The van der Waals surface area contributed by atoms with E-state index in [1.807, 2.05) is 0 Å². The molecule has 0 rings (SSSR count). The molecule has 0 unspecified atom stereocenters. The van der Waals surface area contributed by atoms with Crippen LogP contribution in [0.2, 0.25) is 0 Å². The van der Waals surface area contributed by atoms with Crippen molar-refractivity contribution in [2.45, 2.75) is 0 Å². The second kappa shape index (κ2) is 18.1. The van der Waals surface area contributed by atoms with Gasteiger partial charge < -0.3 is 5.48 Å². The maximum Gasteiger partial charge on any atom is 4.00 e. The van der Waals surface area contributed by atoms with Crippen molar-refractivity contribution in [3.8, 4) is 0 Å². The van der Waals surface area contributed by atoms with Crippen LogP contribution in [0.25, 0.3) is 0 Å². The van der Waals surface area contributed by atoms with Crippen LogP contribution in [0, 0.1) is 0 Å². The maximum atomic E-state index is 0. The fourth-order valence-electron chi connectivity index (χ4n) is 0. The van der Waals surface area contributed by atoms with Crippen molar-refractivity contribution in [2.75, 3.05) is 0 Å². The summed E-state index contributed by atoms with van der Waals surface area (Å²) in [7, 11) is 0. The summed E-state index contributed by atoms with van der Waals surface area (Å²) in [5, 5.41) is 0. The topological polar surface area (TPSA) is 28.5 Å². The van der Waals surface area contributed by atoms with E-state index in [-0.39, 0.29) is 78.6 Å². The number of hydrogen-bond acceptors (Lipinski definition) is 0. The normalized spacial score (nSPS) is 0. The molecule has 4 heavy (non-hydrogen) atoms. The average molecular weight is 318 g/mol. The molecular formula is InMoOZr+9. The third kappa shape index (κ3) is 8.83. The van der Waals surface area contributed by atoms with E-state index in [1.54, 1.807) is 0 Å². The Morgan fingerprint density at radius 1 is 1.00 bits per heavy atom. The van der Waals surface area contributed by atoms with Gasteiger partial charge in [-0.05, 0) is 0 Å². The van der Waals surface area contributed by atoms with Gasteiger partial charge in [0.05, 0.1) is 0 Å². The quantitative estimate of drug-likeness (QED) is 0.539. The summed E-state index contributed by atoms with van der Waals surface area (Å²) in [5.74, 6) is 0. The first-order chi connectivity index (χ1) is 0. The van der Waals surface area contributed by atoms with Crippen molar-refractivity contribution in [3.63, 3.8) is 0 Å². The van der Waals surface area contributed by atoms with Gasteiger partial charge >= 0.3 is 73.1 Å². The van der Waals surface area contributed by atoms with Crippen molar-refractivity contribution < 1.29 is 52.7 Å². The second-order valence-corrected chi connectivity index (χ2v) is 0. The molecule has 0 spiro atoms. The van der Waals surface area contributed by atoms with Crippen LogP contribution in [-0.4, -0.2) is 25.8 Å². The van der Waals surface area contributed by atoms with E-state index in [0.717, 1.165) is 0 Å². The van der Waals surface area contributed by atoms with Crippen LogP contribution in [0.15, 0.2) is 0 Å². The minimum Gasteiger partial charge on any atom is -2.00 e. The summed E-state index contributed by atoms with van der Waals surface area (Å²) in [6.45, 7) is 0. The molecule has 4 heteroatoms. The first-order valence-electron chi connectivity index (χ1n) is 0. The van der Waals surface area contributed by atoms with E-state index < -0.39 is 0 Å². The van der Waals surface area contributed by atoms with Crippen LogP contribution in [-0.2, 0) is 52.7 Å². The standard InChI is InChI=1S/In.Mo.O.Zr/q+3;+4;-2;+4. The summed E-state index contributed by atoms with van der Waals surface area (Å²) in [4.78, 5) is 0. The van der Waals surface area contributed by atoms with Crippen molar-refractivity contribution in [1.82, 2.24) is 0 Å².